The second-order valence-electron chi connectivity index (χ2n) is 6.04. The monoisotopic (exact) mass is 352 g/mol. The number of rotatable bonds is 6. The lowest BCUT2D eigenvalue weighted by Crippen LogP contribution is -2.27. The Morgan fingerprint density at radius 3 is 2.62 bits per heavy atom. The first-order valence-electron chi connectivity index (χ1n) is 8.39. The van der Waals surface area contributed by atoms with E-state index in [1.165, 1.54) is 5.01 Å². The van der Waals surface area contributed by atoms with Crippen LogP contribution in [0.1, 0.15) is 36.4 Å². The molecule has 3 rings (SSSR count). The molecule has 0 fully saturated rings. The number of aliphatic carboxylic acids is 1. The Bertz CT molecular complexity index is 833. The largest absolute Gasteiger partial charge is 0.497 e. The number of methoxy groups -OCH3 is 1. The minimum atomic E-state index is -0.995. The molecule has 26 heavy (non-hydrogen) atoms. The number of hydrogen-bond donors (Lipinski definition) is 1. The van der Waals surface area contributed by atoms with Gasteiger partial charge in [-0.05, 0) is 17.7 Å². The number of carboxylic acid groups (broad SMARTS) is 1. The van der Waals surface area contributed by atoms with Crippen LogP contribution in [0.3, 0.4) is 0 Å². The Kier molecular flexibility index (Phi) is 5.31. The van der Waals surface area contributed by atoms with Crippen molar-refractivity contribution in [3.8, 4) is 5.75 Å². The molecular weight excluding hydrogens is 332 g/mol. The molecule has 1 heterocycles. The number of carbonyl (C=O) groups excluding carboxylic acids is 1. The van der Waals surface area contributed by atoms with Crippen LogP contribution in [0.5, 0.6) is 5.75 Å². The summed E-state index contributed by atoms with van der Waals surface area (Å²) in [5.74, 6) is -0.568. The molecule has 0 saturated carbocycles. The van der Waals surface area contributed by atoms with Crippen LogP contribution >= 0.6 is 0 Å². The molecule has 0 bridgehead atoms. The van der Waals surface area contributed by atoms with Crippen molar-refractivity contribution < 1.29 is 19.4 Å². The number of hydrazone groups is 1. The van der Waals surface area contributed by atoms with Crippen molar-refractivity contribution in [2.45, 2.75) is 25.3 Å². The third kappa shape index (κ3) is 3.91. The summed E-state index contributed by atoms with van der Waals surface area (Å²) >= 11 is 0. The Hall–Kier alpha value is -3.15. The van der Waals surface area contributed by atoms with Crippen LogP contribution in [-0.2, 0) is 9.59 Å². The number of amides is 1. The highest BCUT2D eigenvalue weighted by molar-refractivity contribution is 6.03. The summed E-state index contributed by atoms with van der Waals surface area (Å²) in [6.07, 6.45) is 0.282. The number of carboxylic acids is 1. The summed E-state index contributed by atoms with van der Waals surface area (Å²) in [7, 11) is 1.60. The average Bonchev–Trinajstić information content (AvgIpc) is 3.12. The van der Waals surface area contributed by atoms with E-state index in [0.29, 0.717) is 6.42 Å². The van der Waals surface area contributed by atoms with E-state index >= 15 is 0 Å². The summed E-state index contributed by atoms with van der Waals surface area (Å²) < 4.78 is 5.26. The van der Waals surface area contributed by atoms with Crippen LogP contribution in [-0.4, -0.2) is 34.8 Å². The number of benzene rings is 2. The van der Waals surface area contributed by atoms with Gasteiger partial charge in [0, 0.05) is 18.4 Å². The van der Waals surface area contributed by atoms with Crippen LogP contribution in [0.4, 0.5) is 0 Å². The summed E-state index contributed by atoms with van der Waals surface area (Å²) in [4.78, 5) is 23.4. The molecule has 1 atom stereocenters. The lowest BCUT2D eigenvalue weighted by atomic mass is 9.98. The zero-order valence-corrected chi connectivity index (χ0v) is 14.5. The Morgan fingerprint density at radius 2 is 1.92 bits per heavy atom. The van der Waals surface area contributed by atoms with Crippen LogP contribution in [0.15, 0.2) is 59.7 Å². The van der Waals surface area contributed by atoms with Gasteiger partial charge in [0.05, 0.1) is 25.3 Å². The van der Waals surface area contributed by atoms with Crippen molar-refractivity contribution >= 4 is 17.6 Å². The average molecular weight is 352 g/mol. The number of hydrogen-bond acceptors (Lipinski definition) is 4. The molecule has 2 aromatic rings. The van der Waals surface area contributed by atoms with Gasteiger partial charge in [-0.25, -0.2) is 5.01 Å². The first-order valence-corrected chi connectivity index (χ1v) is 8.39. The Balaban J connectivity index is 1.90. The molecule has 0 radical (unpaired) electrons. The molecule has 0 aromatic heterocycles. The van der Waals surface area contributed by atoms with Crippen LogP contribution in [0.2, 0.25) is 0 Å². The highest BCUT2D eigenvalue weighted by atomic mass is 16.5. The predicted molar refractivity (Wildman–Crippen MR) is 97.0 cm³/mol. The minimum absolute atomic E-state index is 0.0758. The van der Waals surface area contributed by atoms with Crippen molar-refractivity contribution in [3.05, 3.63) is 65.7 Å². The Morgan fingerprint density at radius 1 is 1.15 bits per heavy atom. The lowest BCUT2D eigenvalue weighted by molar-refractivity contribution is -0.141. The Labute approximate surface area is 151 Å². The molecule has 6 heteroatoms. The molecule has 1 amide bonds. The van der Waals surface area contributed by atoms with Gasteiger partial charge in [-0.2, -0.15) is 5.10 Å². The van der Waals surface area contributed by atoms with E-state index in [1.807, 2.05) is 54.6 Å². The second-order valence-corrected chi connectivity index (χ2v) is 6.04. The van der Waals surface area contributed by atoms with Crippen LogP contribution in [0.25, 0.3) is 0 Å². The van der Waals surface area contributed by atoms with Crippen LogP contribution in [0, 0.1) is 0 Å². The predicted octanol–water partition coefficient (Wildman–Crippen LogP) is 3.24. The van der Waals surface area contributed by atoms with Gasteiger partial charge in [0.15, 0.2) is 0 Å². The first kappa shape index (κ1) is 17.7. The molecule has 1 N–H and O–H groups in total. The van der Waals surface area contributed by atoms with Gasteiger partial charge < -0.3 is 9.84 Å². The first-order chi connectivity index (χ1) is 12.6. The summed E-state index contributed by atoms with van der Waals surface area (Å²) in [5, 5.41) is 14.8. The molecular formula is C20H20N2O4. The topological polar surface area (TPSA) is 79.2 Å². The van der Waals surface area contributed by atoms with Gasteiger partial charge in [0.2, 0.25) is 5.91 Å². The van der Waals surface area contributed by atoms with Crippen LogP contribution < -0.4 is 4.74 Å². The van der Waals surface area contributed by atoms with Gasteiger partial charge in [-0.1, -0.05) is 42.5 Å². The second kappa shape index (κ2) is 7.82. The SMILES string of the molecule is COc1cccc(C2=NN(C(=O)CCC(=O)O)[C@@H](c3ccccc3)C2)c1. The van der Waals surface area contributed by atoms with E-state index in [-0.39, 0.29) is 24.8 Å². The fourth-order valence-electron chi connectivity index (χ4n) is 2.98. The molecule has 1 aliphatic rings. The molecule has 0 saturated heterocycles. The highest BCUT2D eigenvalue weighted by Crippen LogP contribution is 2.33. The summed E-state index contributed by atoms with van der Waals surface area (Å²) in [6.45, 7) is 0. The fraction of sp³-hybridized carbons (Fsp3) is 0.250. The molecule has 0 spiro atoms. The maximum Gasteiger partial charge on any atom is 0.303 e. The minimum Gasteiger partial charge on any atom is -0.497 e. The van der Waals surface area contributed by atoms with E-state index in [0.717, 1.165) is 22.6 Å². The smallest absolute Gasteiger partial charge is 0.303 e. The molecule has 1 aliphatic heterocycles. The van der Waals surface area contributed by atoms with E-state index in [4.69, 9.17) is 9.84 Å². The maximum absolute atomic E-state index is 12.6. The van der Waals surface area contributed by atoms with Crippen molar-refractivity contribution in [2.24, 2.45) is 5.10 Å². The summed E-state index contributed by atoms with van der Waals surface area (Å²) in [6, 6.07) is 16.9. The third-order valence-electron chi connectivity index (χ3n) is 4.31. The quantitative estimate of drug-likeness (QED) is 0.865. The molecule has 6 nitrogen and oxygen atoms in total. The molecule has 134 valence electrons. The number of ether oxygens (including phenoxy) is 1. The van der Waals surface area contributed by atoms with Crippen molar-refractivity contribution in [3.63, 3.8) is 0 Å². The highest BCUT2D eigenvalue weighted by Gasteiger charge is 2.33. The van der Waals surface area contributed by atoms with Gasteiger partial charge in [0.1, 0.15) is 5.75 Å². The normalized spacial score (nSPS) is 16.3. The van der Waals surface area contributed by atoms with E-state index in [1.54, 1.807) is 7.11 Å². The standard InChI is InChI=1S/C20H20N2O4/c1-26-16-9-5-8-15(12-16)17-13-18(14-6-3-2-4-7-14)22(21-17)19(23)10-11-20(24)25/h2-9,12,18H,10-11,13H2,1H3,(H,24,25)/t18-/m1/s1. The molecule has 0 unspecified atom stereocenters. The summed E-state index contributed by atoms with van der Waals surface area (Å²) in [5.41, 5.74) is 2.64. The van der Waals surface area contributed by atoms with Crippen molar-refractivity contribution in [2.75, 3.05) is 7.11 Å². The number of nitrogens with zero attached hydrogens (tertiary/aromatic N) is 2. The van der Waals surface area contributed by atoms with Gasteiger partial charge in [0.25, 0.3) is 0 Å². The van der Waals surface area contributed by atoms with E-state index in [9.17, 15) is 9.59 Å². The lowest BCUT2D eigenvalue weighted by Gasteiger charge is -2.21. The van der Waals surface area contributed by atoms with Gasteiger partial charge in [-0.3, -0.25) is 9.59 Å². The fourth-order valence-corrected chi connectivity index (χ4v) is 2.98. The van der Waals surface area contributed by atoms with E-state index < -0.39 is 5.97 Å². The molecule has 0 aliphatic carbocycles. The van der Waals surface area contributed by atoms with Gasteiger partial charge >= 0.3 is 5.97 Å². The van der Waals surface area contributed by atoms with Crippen molar-refractivity contribution in [1.82, 2.24) is 5.01 Å². The number of carbonyl (C=O) groups is 2. The zero-order valence-electron chi connectivity index (χ0n) is 14.5. The maximum atomic E-state index is 12.6. The van der Waals surface area contributed by atoms with Gasteiger partial charge in [-0.15, -0.1) is 0 Å². The van der Waals surface area contributed by atoms with E-state index in [2.05, 4.69) is 5.10 Å². The zero-order chi connectivity index (χ0) is 18.5. The molecule has 2 aromatic carbocycles. The third-order valence-corrected chi connectivity index (χ3v) is 4.31. The van der Waals surface area contributed by atoms with Crippen molar-refractivity contribution in [1.29, 1.82) is 0 Å².